The summed E-state index contributed by atoms with van der Waals surface area (Å²) in [7, 11) is 1.65. The third-order valence-electron chi connectivity index (χ3n) is 3.02. The maximum Gasteiger partial charge on any atom is 0.274 e. The van der Waals surface area contributed by atoms with Gasteiger partial charge < -0.3 is 15.4 Å². The van der Waals surface area contributed by atoms with Crippen LogP contribution in [0.5, 0.6) is 0 Å². The number of hydrogen-bond donors (Lipinski definition) is 2. The van der Waals surface area contributed by atoms with Crippen LogP contribution >= 0.6 is 11.6 Å². The first-order valence-electron chi connectivity index (χ1n) is 7.05. The number of anilines is 2. The molecule has 7 heteroatoms. The number of halogens is 2. The van der Waals surface area contributed by atoms with Gasteiger partial charge in [-0.25, -0.2) is 4.39 Å². The lowest BCUT2D eigenvalue weighted by atomic mass is 10.2. The molecule has 0 aliphatic rings. The van der Waals surface area contributed by atoms with Crippen LogP contribution in [0.2, 0.25) is 5.02 Å². The molecule has 2 rings (SSSR count). The fraction of sp³-hybridized carbons (Fsp3) is 0.250. The molecular weight excluding hydrogens is 321 g/mol. The van der Waals surface area contributed by atoms with Crippen molar-refractivity contribution >= 4 is 28.9 Å². The molecule has 0 saturated heterocycles. The van der Waals surface area contributed by atoms with Crippen molar-refractivity contribution in [3.8, 4) is 0 Å². The molecule has 0 unspecified atom stereocenters. The van der Waals surface area contributed by atoms with Gasteiger partial charge >= 0.3 is 0 Å². The topological polar surface area (TPSA) is 63.2 Å². The van der Waals surface area contributed by atoms with E-state index in [9.17, 15) is 9.18 Å². The molecule has 1 amide bonds. The number of pyridine rings is 1. The molecule has 2 N–H and O–H groups in total. The molecule has 1 heterocycles. The Morgan fingerprint density at radius 3 is 2.87 bits per heavy atom. The highest BCUT2D eigenvalue weighted by molar-refractivity contribution is 6.31. The van der Waals surface area contributed by atoms with Crippen LogP contribution in [0.15, 0.2) is 36.5 Å². The van der Waals surface area contributed by atoms with Crippen molar-refractivity contribution in [3.05, 3.63) is 53.1 Å². The van der Waals surface area contributed by atoms with Gasteiger partial charge in [-0.05, 0) is 36.8 Å². The van der Waals surface area contributed by atoms with Crippen LogP contribution in [0.25, 0.3) is 0 Å². The number of amides is 1. The van der Waals surface area contributed by atoms with E-state index >= 15 is 0 Å². The van der Waals surface area contributed by atoms with Crippen molar-refractivity contribution in [2.45, 2.75) is 6.42 Å². The second-order valence-corrected chi connectivity index (χ2v) is 5.19. The number of hydrogen-bond acceptors (Lipinski definition) is 4. The van der Waals surface area contributed by atoms with E-state index in [1.54, 1.807) is 25.4 Å². The van der Waals surface area contributed by atoms with Crippen LogP contribution in [-0.2, 0) is 4.74 Å². The summed E-state index contributed by atoms with van der Waals surface area (Å²) in [5.74, 6) is -0.932. The van der Waals surface area contributed by atoms with Crippen LogP contribution in [0.1, 0.15) is 16.9 Å². The van der Waals surface area contributed by atoms with E-state index in [4.69, 9.17) is 16.3 Å². The van der Waals surface area contributed by atoms with Gasteiger partial charge in [0.2, 0.25) is 0 Å². The van der Waals surface area contributed by atoms with Crippen molar-refractivity contribution in [2.75, 3.05) is 30.9 Å². The number of rotatable bonds is 7. The summed E-state index contributed by atoms with van der Waals surface area (Å²) >= 11 is 5.69. The zero-order chi connectivity index (χ0) is 16.7. The van der Waals surface area contributed by atoms with Crippen LogP contribution in [0.3, 0.4) is 0 Å². The monoisotopic (exact) mass is 337 g/mol. The molecule has 0 spiro atoms. The largest absolute Gasteiger partial charge is 0.385 e. The third-order valence-corrected chi connectivity index (χ3v) is 3.31. The fourth-order valence-corrected chi connectivity index (χ4v) is 2.06. The average molecular weight is 338 g/mol. The highest BCUT2D eigenvalue weighted by Crippen LogP contribution is 2.20. The summed E-state index contributed by atoms with van der Waals surface area (Å²) in [6.07, 6.45) is 2.40. The van der Waals surface area contributed by atoms with E-state index in [-0.39, 0.29) is 10.7 Å². The molecule has 0 bridgehead atoms. The lowest BCUT2D eigenvalue weighted by Crippen LogP contribution is -2.14. The molecule has 0 aliphatic carbocycles. The number of nitrogens with one attached hydrogen (secondary N) is 2. The smallest absolute Gasteiger partial charge is 0.274 e. The Morgan fingerprint density at radius 2 is 2.13 bits per heavy atom. The van der Waals surface area contributed by atoms with Gasteiger partial charge in [-0.3, -0.25) is 9.78 Å². The van der Waals surface area contributed by atoms with Crippen molar-refractivity contribution < 1.29 is 13.9 Å². The number of aromatic nitrogens is 1. The SMILES string of the molecule is COCCCNc1ccnc(C(=O)Nc2ccc(F)c(Cl)c2)c1. The van der Waals surface area contributed by atoms with Gasteiger partial charge in [0, 0.05) is 37.8 Å². The minimum absolute atomic E-state index is 0.0516. The van der Waals surface area contributed by atoms with E-state index in [0.29, 0.717) is 12.3 Å². The van der Waals surface area contributed by atoms with Crippen LogP contribution in [-0.4, -0.2) is 31.2 Å². The van der Waals surface area contributed by atoms with Crippen molar-refractivity contribution in [2.24, 2.45) is 0 Å². The molecule has 0 aliphatic heterocycles. The summed E-state index contributed by atoms with van der Waals surface area (Å²) in [6.45, 7) is 1.39. The Bertz CT molecular complexity index is 682. The van der Waals surface area contributed by atoms with Gasteiger partial charge in [-0.2, -0.15) is 0 Å². The summed E-state index contributed by atoms with van der Waals surface area (Å²) in [4.78, 5) is 16.2. The van der Waals surface area contributed by atoms with Gasteiger partial charge in [0.25, 0.3) is 5.91 Å². The van der Waals surface area contributed by atoms with Gasteiger partial charge in [0.05, 0.1) is 5.02 Å². The van der Waals surface area contributed by atoms with E-state index in [1.165, 1.54) is 18.2 Å². The van der Waals surface area contributed by atoms with Crippen molar-refractivity contribution in [3.63, 3.8) is 0 Å². The molecule has 0 saturated carbocycles. The highest BCUT2D eigenvalue weighted by Gasteiger charge is 2.10. The number of carbonyl (C=O) groups is 1. The van der Waals surface area contributed by atoms with E-state index in [1.807, 2.05) is 0 Å². The zero-order valence-electron chi connectivity index (χ0n) is 12.6. The van der Waals surface area contributed by atoms with Crippen molar-refractivity contribution in [1.82, 2.24) is 4.98 Å². The van der Waals surface area contributed by atoms with Gasteiger partial charge in [-0.15, -0.1) is 0 Å². The quantitative estimate of drug-likeness (QED) is 0.758. The fourth-order valence-electron chi connectivity index (χ4n) is 1.88. The Kier molecular flexibility index (Phi) is 6.31. The molecule has 122 valence electrons. The van der Waals surface area contributed by atoms with Crippen LogP contribution < -0.4 is 10.6 Å². The Hall–Kier alpha value is -2.18. The molecule has 5 nitrogen and oxygen atoms in total. The average Bonchev–Trinajstić information content (AvgIpc) is 2.55. The van der Waals surface area contributed by atoms with Gasteiger partial charge in [-0.1, -0.05) is 11.6 Å². The summed E-state index contributed by atoms with van der Waals surface area (Å²) < 4.78 is 18.1. The predicted octanol–water partition coefficient (Wildman–Crippen LogP) is 3.57. The van der Waals surface area contributed by atoms with Gasteiger partial charge in [0.1, 0.15) is 11.5 Å². The molecule has 0 fully saturated rings. The normalized spacial score (nSPS) is 10.4. The highest BCUT2D eigenvalue weighted by atomic mass is 35.5. The second-order valence-electron chi connectivity index (χ2n) is 4.79. The number of carbonyl (C=O) groups excluding carboxylic acids is 1. The molecule has 0 radical (unpaired) electrons. The minimum atomic E-state index is -0.537. The summed E-state index contributed by atoms with van der Waals surface area (Å²) in [5.41, 5.74) is 1.45. The molecule has 2 aromatic rings. The molecule has 1 aromatic heterocycles. The lowest BCUT2D eigenvalue weighted by Gasteiger charge is -2.08. The standard InChI is InChI=1S/C16H17ClFN3O2/c1-23-8-2-6-19-11-5-7-20-15(10-11)16(22)21-12-3-4-14(18)13(17)9-12/h3-5,7,9-10H,2,6,8H2,1H3,(H,19,20)(H,21,22). The second kappa shape index (κ2) is 8.45. The molecular formula is C16H17ClFN3O2. The number of methoxy groups -OCH3 is 1. The van der Waals surface area contributed by atoms with E-state index < -0.39 is 11.7 Å². The summed E-state index contributed by atoms with van der Waals surface area (Å²) in [6, 6.07) is 7.40. The van der Waals surface area contributed by atoms with E-state index in [2.05, 4.69) is 15.6 Å². The molecule has 0 atom stereocenters. The van der Waals surface area contributed by atoms with Gasteiger partial charge in [0.15, 0.2) is 0 Å². The lowest BCUT2D eigenvalue weighted by molar-refractivity contribution is 0.102. The molecule has 23 heavy (non-hydrogen) atoms. The Morgan fingerprint density at radius 1 is 1.30 bits per heavy atom. The minimum Gasteiger partial charge on any atom is -0.385 e. The van der Waals surface area contributed by atoms with Crippen LogP contribution in [0, 0.1) is 5.82 Å². The van der Waals surface area contributed by atoms with E-state index in [0.717, 1.165) is 18.7 Å². The maximum absolute atomic E-state index is 13.1. The molecule has 1 aromatic carbocycles. The number of nitrogens with zero attached hydrogens (tertiary/aromatic N) is 1. The zero-order valence-corrected chi connectivity index (χ0v) is 13.4. The Labute approximate surface area is 138 Å². The predicted molar refractivity (Wildman–Crippen MR) is 88.6 cm³/mol. The first-order valence-corrected chi connectivity index (χ1v) is 7.43. The van der Waals surface area contributed by atoms with Crippen molar-refractivity contribution in [1.29, 1.82) is 0 Å². The first-order chi connectivity index (χ1) is 11.1. The first kappa shape index (κ1) is 17.2. The number of benzene rings is 1. The summed E-state index contributed by atoms with van der Waals surface area (Å²) in [5, 5.41) is 5.76. The van der Waals surface area contributed by atoms with Crippen LogP contribution in [0.4, 0.5) is 15.8 Å². The Balaban J connectivity index is 2.00. The maximum atomic E-state index is 13.1. The number of ether oxygens (including phenoxy) is 1. The third kappa shape index (κ3) is 5.19.